The molecule has 2 aliphatic rings. The maximum Gasteiger partial charge on any atom is 0.341 e. The van der Waals surface area contributed by atoms with Crippen LogP contribution in [0, 0.1) is 0 Å². The van der Waals surface area contributed by atoms with E-state index in [2.05, 4.69) is 10.6 Å². The third-order valence-electron chi connectivity index (χ3n) is 5.30. The summed E-state index contributed by atoms with van der Waals surface area (Å²) in [6, 6.07) is 7.30. The number of ether oxygens (including phenoxy) is 2. The molecule has 1 aliphatic heterocycles. The van der Waals surface area contributed by atoms with Gasteiger partial charge < -0.3 is 25.0 Å². The zero-order valence-electron chi connectivity index (χ0n) is 17.5. The van der Waals surface area contributed by atoms with Gasteiger partial charge in [0.05, 0.1) is 30.9 Å². The molecule has 2 heterocycles. The van der Waals surface area contributed by atoms with E-state index >= 15 is 0 Å². The molecule has 1 aromatic carbocycles. The fourth-order valence-corrected chi connectivity index (χ4v) is 4.71. The summed E-state index contributed by atoms with van der Waals surface area (Å²) in [6.45, 7) is 2.30. The second kappa shape index (κ2) is 8.97. The Balaban J connectivity index is 1.52. The molecule has 2 amide bonds. The van der Waals surface area contributed by atoms with Gasteiger partial charge in [-0.15, -0.1) is 11.3 Å². The van der Waals surface area contributed by atoms with Crippen molar-refractivity contribution in [1.29, 1.82) is 0 Å². The van der Waals surface area contributed by atoms with Gasteiger partial charge in [0.15, 0.2) is 6.10 Å². The number of fused-ring (bicyclic) bond motifs is 1. The van der Waals surface area contributed by atoms with Crippen LogP contribution in [0.15, 0.2) is 29.6 Å². The molecule has 0 bridgehead atoms. The Kier molecular flexibility index (Phi) is 6.13. The minimum atomic E-state index is -0.717. The normalized spacial score (nSPS) is 17.4. The fourth-order valence-electron chi connectivity index (χ4n) is 3.67. The van der Waals surface area contributed by atoms with Crippen LogP contribution in [0.1, 0.15) is 41.6 Å². The number of para-hydroxylation sites is 2. The molecule has 4 rings (SSSR count). The van der Waals surface area contributed by atoms with E-state index in [4.69, 9.17) is 9.47 Å². The third-order valence-corrected chi connectivity index (χ3v) is 6.22. The molecule has 0 saturated heterocycles. The van der Waals surface area contributed by atoms with Crippen LogP contribution in [0.4, 0.5) is 10.7 Å². The summed E-state index contributed by atoms with van der Waals surface area (Å²) in [5, 5.41) is 7.92. The highest BCUT2D eigenvalue weighted by Crippen LogP contribution is 2.46. The van der Waals surface area contributed by atoms with Gasteiger partial charge in [0.25, 0.3) is 5.91 Å². The Labute approximate surface area is 184 Å². The second-order valence-corrected chi connectivity index (χ2v) is 8.39. The van der Waals surface area contributed by atoms with E-state index < -0.39 is 12.1 Å². The molecule has 2 aromatic rings. The van der Waals surface area contributed by atoms with Crippen molar-refractivity contribution in [2.24, 2.45) is 0 Å². The van der Waals surface area contributed by atoms with Crippen LogP contribution in [-0.4, -0.2) is 50.6 Å². The van der Waals surface area contributed by atoms with Gasteiger partial charge in [0.1, 0.15) is 10.8 Å². The molecule has 1 aromatic heterocycles. The summed E-state index contributed by atoms with van der Waals surface area (Å²) < 4.78 is 11.0. The summed E-state index contributed by atoms with van der Waals surface area (Å²) >= 11 is 1.34. The molecule has 1 fully saturated rings. The van der Waals surface area contributed by atoms with Crippen molar-refractivity contribution in [3.05, 3.63) is 40.8 Å². The van der Waals surface area contributed by atoms with Gasteiger partial charge in [0.2, 0.25) is 5.91 Å². The second-order valence-electron chi connectivity index (χ2n) is 7.51. The zero-order chi connectivity index (χ0) is 22.0. The van der Waals surface area contributed by atoms with Crippen LogP contribution < -0.4 is 20.3 Å². The van der Waals surface area contributed by atoms with Crippen molar-refractivity contribution in [2.45, 2.75) is 31.8 Å². The Morgan fingerprint density at radius 3 is 2.74 bits per heavy atom. The number of carbonyl (C=O) groups excluding carboxylic acids is 3. The molecule has 0 radical (unpaired) electrons. The highest BCUT2D eigenvalue weighted by atomic mass is 32.1. The molecule has 1 unspecified atom stereocenters. The van der Waals surface area contributed by atoms with E-state index in [9.17, 15) is 14.4 Å². The van der Waals surface area contributed by atoms with E-state index in [0.717, 1.165) is 24.1 Å². The van der Waals surface area contributed by atoms with Crippen LogP contribution in [0.5, 0.6) is 5.75 Å². The molecular weight excluding hydrogens is 418 g/mol. The van der Waals surface area contributed by atoms with Gasteiger partial charge >= 0.3 is 5.97 Å². The summed E-state index contributed by atoms with van der Waals surface area (Å²) in [6.07, 6.45) is 1.37. The smallest absolute Gasteiger partial charge is 0.341 e. The zero-order valence-corrected chi connectivity index (χ0v) is 18.3. The number of likely N-dealkylation sites (N-methyl/N-ethyl adjacent to an activating group) is 1. The van der Waals surface area contributed by atoms with Crippen LogP contribution in [-0.2, 0) is 14.3 Å². The van der Waals surface area contributed by atoms with Crippen molar-refractivity contribution in [2.75, 3.05) is 37.0 Å². The summed E-state index contributed by atoms with van der Waals surface area (Å²) in [4.78, 5) is 39.4. The maximum absolute atomic E-state index is 12.9. The standard InChI is InChI=1S/C22H25N3O5S/c1-3-29-22(28)19-14(13-8-9-13)12-31-21(19)24-18(26)11-25-10-17(20(27)23-2)30-16-7-5-4-6-15(16)25/h4-7,12-13,17H,3,8-11H2,1-2H3,(H,23,27)(H,24,26). The molecular formula is C22H25N3O5S. The number of benzene rings is 1. The third kappa shape index (κ3) is 4.51. The first kappa shape index (κ1) is 21.2. The van der Waals surface area contributed by atoms with Crippen LogP contribution in [0.3, 0.4) is 0 Å². The van der Waals surface area contributed by atoms with Gasteiger partial charge in [-0.25, -0.2) is 4.79 Å². The number of nitrogens with zero attached hydrogens (tertiary/aromatic N) is 1. The van der Waals surface area contributed by atoms with Crippen molar-refractivity contribution in [3.63, 3.8) is 0 Å². The first-order valence-electron chi connectivity index (χ1n) is 10.3. The molecule has 8 nitrogen and oxygen atoms in total. The van der Waals surface area contributed by atoms with E-state index in [-0.39, 0.29) is 31.5 Å². The summed E-state index contributed by atoms with van der Waals surface area (Å²) in [7, 11) is 1.55. The minimum Gasteiger partial charge on any atom is -0.477 e. The van der Waals surface area contributed by atoms with Gasteiger partial charge in [0, 0.05) is 7.05 Å². The molecule has 9 heteroatoms. The van der Waals surface area contributed by atoms with Crippen LogP contribution >= 0.6 is 11.3 Å². The fraction of sp³-hybridized carbons (Fsp3) is 0.409. The summed E-state index contributed by atoms with van der Waals surface area (Å²) in [5.41, 5.74) is 2.16. The van der Waals surface area contributed by atoms with Gasteiger partial charge in [-0.2, -0.15) is 0 Å². The lowest BCUT2D eigenvalue weighted by molar-refractivity contribution is -0.127. The minimum absolute atomic E-state index is 0.0206. The van der Waals surface area contributed by atoms with E-state index in [1.165, 1.54) is 11.3 Å². The van der Waals surface area contributed by atoms with Crippen LogP contribution in [0.25, 0.3) is 0 Å². The van der Waals surface area contributed by atoms with Crippen molar-refractivity contribution in [3.8, 4) is 5.75 Å². The van der Waals surface area contributed by atoms with Gasteiger partial charge in [-0.05, 0) is 48.8 Å². The van der Waals surface area contributed by atoms with Gasteiger partial charge in [-0.3, -0.25) is 9.59 Å². The number of rotatable bonds is 7. The van der Waals surface area contributed by atoms with E-state index in [0.29, 0.717) is 22.2 Å². The molecule has 1 atom stereocenters. The number of carbonyl (C=O) groups is 3. The molecule has 31 heavy (non-hydrogen) atoms. The quantitative estimate of drug-likeness (QED) is 0.639. The Morgan fingerprint density at radius 1 is 1.26 bits per heavy atom. The van der Waals surface area contributed by atoms with Crippen LogP contribution in [0.2, 0.25) is 0 Å². The van der Waals surface area contributed by atoms with E-state index in [1.807, 2.05) is 28.5 Å². The molecule has 1 aliphatic carbocycles. The lowest BCUT2D eigenvalue weighted by Gasteiger charge is -2.34. The van der Waals surface area contributed by atoms with Gasteiger partial charge in [-0.1, -0.05) is 12.1 Å². The SMILES string of the molecule is CCOC(=O)c1c(C2CC2)csc1NC(=O)CN1CC(C(=O)NC)Oc2ccccc21. The number of esters is 1. The first-order valence-corrected chi connectivity index (χ1v) is 11.2. The highest BCUT2D eigenvalue weighted by molar-refractivity contribution is 7.15. The number of nitrogens with one attached hydrogen (secondary N) is 2. The lowest BCUT2D eigenvalue weighted by Crippen LogP contribution is -2.50. The average molecular weight is 444 g/mol. The Bertz CT molecular complexity index is 1000. The number of hydrogen-bond donors (Lipinski definition) is 2. The van der Waals surface area contributed by atoms with Crippen molar-refractivity contribution in [1.82, 2.24) is 5.32 Å². The molecule has 1 saturated carbocycles. The van der Waals surface area contributed by atoms with Crippen molar-refractivity contribution < 1.29 is 23.9 Å². The largest absolute Gasteiger partial charge is 0.477 e. The first-order chi connectivity index (χ1) is 15.0. The number of anilines is 2. The van der Waals surface area contributed by atoms with Crippen molar-refractivity contribution >= 4 is 39.8 Å². The molecule has 164 valence electrons. The van der Waals surface area contributed by atoms with E-state index in [1.54, 1.807) is 20.0 Å². The highest BCUT2D eigenvalue weighted by Gasteiger charge is 2.34. The molecule has 0 spiro atoms. The predicted molar refractivity (Wildman–Crippen MR) is 118 cm³/mol. The lowest BCUT2D eigenvalue weighted by atomic mass is 10.1. The average Bonchev–Trinajstić information content (AvgIpc) is 3.53. The number of hydrogen-bond acceptors (Lipinski definition) is 7. The Morgan fingerprint density at radius 2 is 2.03 bits per heavy atom. The molecule has 2 N–H and O–H groups in total. The maximum atomic E-state index is 12.9. The number of amides is 2. The summed E-state index contributed by atoms with van der Waals surface area (Å²) in [5.74, 6) is -0.0217. The Hall–Kier alpha value is -3.07. The topological polar surface area (TPSA) is 97.0 Å². The number of thiophene rings is 1. The monoisotopic (exact) mass is 443 g/mol. The predicted octanol–water partition coefficient (Wildman–Crippen LogP) is 2.75.